The van der Waals surface area contributed by atoms with Crippen LogP contribution in [0.15, 0.2) is 42.5 Å². The van der Waals surface area contributed by atoms with Crippen LogP contribution in [0.1, 0.15) is 43.1 Å². The molecule has 0 radical (unpaired) electrons. The number of carboxylic acid groups (broad SMARTS) is 1. The molecule has 0 spiro atoms. The lowest BCUT2D eigenvalue weighted by Crippen LogP contribution is -2.44. The number of hydrogen-bond acceptors (Lipinski definition) is 4. The van der Waals surface area contributed by atoms with E-state index in [1.165, 1.54) is 0 Å². The maximum atomic E-state index is 13.2. The molecule has 0 saturated carbocycles. The minimum Gasteiger partial charge on any atom is -0.497 e. The zero-order chi connectivity index (χ0) is 21.2. The monoisotopic (exact) mass is 397 g/mol. The Balaban J connectivity index is 1.94. The Labute approximate surface area is 171 Å². The molecule has 2 aromatic rings. The highest BCUT2D eigenvalue weighted by Gasteiger charge is 2.33. The standard InChI is InChI=1S/C23H27NO5/c1-23(2,3)22(27)24-14-19(29-18-7-5-6-17(13-18)28-4)10-8-15-12-16(21(25)26)9-11-20(15)24/h5-7,9,11-13,19H,8,10,14H2,1-4H3,(H,25,26). The lowest BCUT2D eigenvalue weighted by atomic mass is 9.94. The number of nitrogens with zero attached hydrogens (tertiary/aromatic N) is 1. The number of carboxylic acids is 1. The Morgan fingerprint density at radius 2 is 1.83 bits per heavy atom. The Hall–Kier alpha value is -3.02. The second kappa shape index (κ2) is 8.15. The number of rotatable bonds is 4. The van der Waals surface area contributed by atoms with Crippen LogP contribution in [0.2, 0.25) is 0 Å². The molecular formula is C23H27NO5. The van der Waals surface area contributed by atoms with Crippen LogP contribution >= 0.6 is 0 Å². The van der Waals surface area contributed by atoms with Gasteiger partial charge in [-0.25, -0.2) is 4.79 Å². The van der Waals surface area contributed by atoms with E-state index >= 15 is 0 Å². The lowest BCUT2D eigenvalue weighted by Gasteiger charge is -2.31. The highest BCUT2D eigenvalue weighted by atomic mass is 16.5. The third-order valence-electron chi connectivity index (χ3n) is 4.97. The smallest absolute Gasteiger partial charge is 0.335 e. The number of amides is 1. The summed E-state index contributed by atoms with van der Waals surface area (Å²) >= 11 is 0. The molecule has 0 aliphatic carbocycles. The summed E-state index contributed by atoms with van der Waals surface area (Å²) in [7, 11) is 1.60. The predicted molar refractivity (Wildman–Crippen MR) is 111 cm³/mol. The fourth-order valence-electron chi connectivity index (χ4n) is 3.45. The lowest BCUT2D eigenvalue weighted by molar-refractivity contribution is -0.126. The SMILES string of the molecule is COc1cccc(OC2CCc3cc(C(=O)O)ccc3N(C(=O)C(C)(C)C)C2)c1. The van der Waals surface area contributed by atoms with Crippen LogP contribution in [0, 0.1) is 5.41 Å². The van der Waals surface area contributed by atoms with Gasteiger partial charge in [-0.1, -0.05) is 26.8 Å². The summed E-state index contributed by atoms with van der Waals surface area (Å²) in [4.78, 5) is 26.3. The third kappa shape index (κ3) is 4.70. The molecule has 1 atom stereocenters. The third-order valence-corrected chi connectivity index (χ3v) is 4.97. The Kier molecular flexibility index (Phi) is 5.82. The van der Waals surface area contributed by atoms with Crippen LogP contribution in [0.5, 0.6) is 11.5 Å². The van der Waals surface area contributed by atoms with E-state index in [4.69, 9.17) is 9.47 Å². The topological polar surface area (TPSA) is 76.1 Å². The fraction of sp³-hybridized carbons (Fsp3) is 0.391. The summed E-state index contributed by atoms with van der Waals surface area (Å²) in [6.07, 6.45) is 1.06. The normalized spacial score (nSPS) is 16.6. The van der Waals surface area contributed by atoms with E-state index in [0.29, 0.717) is 30.9 Å². The second-order valence-corrected chi connectivity index (χ2v) is 8.27. The number of carbonyl (C=O) groups is 2. The summed E-state index contributed by atoms with van der Waals surface area (Å²) in [6, 6.07) is 12.3. The fourth-order valence-corrected chi connectivity index (χ4v) is 3.45. The van der Waals surface area contributed by atoms with Crippen molar-refractivity contribution in [2.75, 3.05) is 18.6 Å². The minimum atomic E-state index is -0.977. The van der Waals surface area contributed by atoms with Gasteiger partial charge in [0.05, 0.1) is 19.2 Å². The van der Waals surface area contributed by atoms with Gasteiger partial charge in [0.25, 0.3) is 0 Å². The van der Waals surface area contributed by atoms with Crippen molar-refractivity contribution < 1.29 is 24.2 Å². The average molecular weight is 397 g/mol. The van der Waals surface area contributed by atoms with E-state index in [-0.39, 0.29) is 17.6 Å². The first kappa shape index (κ1) is 20.7. The number of ether oxygens (including phenoxy) is 2. The van der Waals surface area contributed by atoms with Gasteiger partial charge in [0, 0.05) is 17.2 Å². The van der Waals surface area contributed by atoms with Crippen LogP contribution in [0.25, 0.3) is 0 Å². The van der Waals surface area contributed by atoms with Crippen molar-refractivity contribution in [3.8, 4) is 11.5 Å². The van der Waals surface area contributed by atoms with Crippen molar-refractivity contribution in [2.45, 2.75) is 39.7 Å². The first-order valence-electron chi connectivity index (χ1n) is 9.68. The van der Waals surface area contributed by atoms with E-state index in [0.717, 1.165) is 11.3 Å². The van der Waals surface area contributed by atoms with E-state index in [9.17, 15) is 14.7 Å². The van der Waals surface area contributed by atoms with Gasteiger partial charge in [-0.05, 0) is 48.7 Å². The highest BCUT2D eigenvalue weighted by Crippen LogP contribution is 2.33. The molecule has 1 heterocycles. The summed E-state index contributed by atoms with van der Waals surface area (Å²) in [5.41, 5.74) is 1.25. The summed E-state index contributed by atoms with van der Waals surface area (Å²) < 4.78 is 11.4. The van der Waals surface area contributed by atoms with Crippen LogP contribution in [0.4, 0.5) is 5.69 Å². The van der Waals surface area contributed by atoms with Crippen LogP contribution in [-0.4, -0.2) is 36.7 Å². The van der Waals surface area contributed by atoms with Crippen molar-refractivity contribution in [1.29, 1.82) is 0 Å². The van der Waals surface area contributed by atoms with Gasteiger partial charge in [0.2, 0.25) is 5.91 Å². The van der Waals surface area contributed by atoms with Crippen molar-refractivity contribution >= 4 is 17.6 Å². The molecule has 1 aliphatic rings. The van der Waals surface area contributed by atoms with Gasteiger partial charge >= 0.3 is 5.97 Å². The summed E-state index contributed by atoms with van der Waals surface area (Å²) in [5.74, 6) is 0.376. The van der Waals surface area contributed by atoms with Gasteiger partial charge in [-0.2, -0.15) is 0 Å². The van der Waals surface area contributed by atoms with E-state index in [1.807, 2.05) is 45.0 Å². The Morgan fingerprint density at radius 3 is 2.48 bits per heavy atom. The number of carbonyl (C=O) groups excluding carboxylic acids is 1. The molecule has 29 heavy (non-hydrogen) atoms. The van der Waals surface area contributed by atoms with Gasteiger partial charge in [0.15, 0.2) is 0 Å². The van der Waals surface area contributed by atoms with E-state index < -0.39 is 11.4 Å². The zero-order valence-corrected chi connectivity index (χ0v) is 17.3. The molecule has 1 amide bonds. The molecule has 0 saturated heterocycles. The number of hydrogen-bond donors (Lipinski definition) is 1. The van der Waals surface area contributed by atoms with Gasteiger partial charge < -0.3 is 19.5 Å². The first-order valence-corrected chi connectivity index (χ1v) is 9.68. The number of anilines is 1. The van der Waals surface area contributed by atoms with Crippen molar-refractivity contribution in [3.63, 3.8) is 0 Å². The maximum Gasteiger partial charge on any atom is 0.335 e. The molecule has 2 aromatic carbocycles. The molecule has 6 heteroatoms. The molecule has 0 bridgehead atoms. The molecule has 0 aromatic heterocycles. The van der Waals surface area contributed by atoms with Crippen molar-refractivity contribution in [3.05, 3.63) is 53.6 Å². The van der Waals surface area contributed by atoms with Crippen molar-refractivity contribution in [1.82, 2.24) is 0 Å². The molecule has 1 N–H and O–H groups in total. The van der Waals surface area contributed by atoms with Crippen LogP contribution in [0.3, 0.4) is 0 Å². The maximum absolute atomic E-state index is 13.2. The predicted octanol–water partition coefficient (Wildman–Crippen LogP) is 4.17. The molecule has 154 valence electrons. The quantitative estimate of drug-likeness (QED) is 0.838. The van der Waals surface area contributed by atoms with E-state index in [1.54, 1.807) is 30.2 Å². The summed E-state index contributed by atoms with van der Waals surface area (Å²) in [5, 5.41) is 9.34. The molecular weight excluding hydrogens is 370 g/mol. The first-order chi connectivity index (χ1) is 13.7. The van der Waals surface area contributed by atoms with Crippen LogP contribution < -0.4 is 14.4 Å². The largest absolute Gasteiger partial charge is 0.497 e. The second-order valence-electron chi connectivity index (χ2n) is 8.27. The number of methoxy groups -OCH3 is 1. The number of benzene rings is 2. The van der Waals surface area contributed by atoms with E-state index in [2.05, 4.69) is 0 Å². The van der Waals surface area contributed by atoms with Crippen LogP contribution in [-0.2, 0) is 11.2 Å². The zero-order valence-electron chi connectivity index (χ0n) is 17.3. The molecule has 1 unspecified atom stereocenters. The Morgan fingerprint density at radius 1 is 1.10 bits per heavy atom. The van der Waals surface area contributed by atoms with Gasteiger partial charge in [-0.15, -0.1) is 0 Å². The average Bonchev–Trinajstić information content (AvgIpc) is 2.86. The Bertz CT molecular complexity index is 916. The number of fused-ring (bicyclic) bond motifs is 1. The minimum absolute atomic E-state index is 0.0250. The highest BCUT2D eigenvalue weighted by molar-refractivity contribution is 5.98. The van der Waals surface area contributed by atoms with Crippen molar-refractivity contribution in [2.24, 2.45) is 5.41 Å². The van der Waals surface area contributed by atoms with Gasteiger partial charge in [0.1, 0.15) is 17.6 Å². The molecule has 3 rings (SSSR count). The van der Waals surface area contributed by atoms with Gasteiger partial charge in [-0.3, -0.25) is 4.79 Å². The molecule has 1 aliphatic heterocycles. The number of aryl methyl sites for hydroxylation is 1. The molecule has 6 nitrogen and oxygen atoms in total. The number of aromatic carboxylic acids is 1. The summed E-state index contributed by atoms with van der Waals surface area (Å²) in [6.45, 7) is 6.03. The molecule has 0 fully saturated rings.